The van der Waals surface area contributed by atoms with Crippen LogP contribution in [0, 0.1) is 0 Å². The number of nitrogens with one attached hydrogen (secondary N) is 2. The molecule has 11 heteroatoms. The third-order valence-corrected chi connectivity index (χ3v) is 6.68. The minimum atomic E-state index is -0.620. The van der Waals surface area contributed by atoms with Crippen molar-refractivity contribution in [3.8, 4) is 0 Å². The van der Waals surface area contributed by atoms with Crippen molar-refractivity contribution in [1.29, 1.82) is 0 Å². The number of carbonyl (C=O) groups excluding carboxylic acids is 1. The molecule has 3 aromatic heterocycles. The fourth-order valence-electron chi connectivity index (χ4n) is 4.36. The maximum atomic E-state index is 13.1. The van der Waals surface area contributed by atoms with Crippen LogP contribution in [0.5, 0.6) is 0 Å². The van der Waals surface area contributed by atoms with E-state index in [1.54, 1.807) is 30.9 Å². The van der Waals surface area contributed by atoms with Crippen LogP contribution in [0.1, 0.15) is 61.3 Å². The van der Waals surface area contributed by atoms with Crippen molar-refractivity contribution in [3.05, 3.63) is 46.5 Å². The molecule has 0 radical (unpaired) electrons. The number of hydrogen-bond acceptors (Lipinski definition) is 8. The number of ether oxygens (including phenoxy) is 1. The molecule has 35 heavy (non-hydrogen) atoms. The van der Waals surface area contributed by atoms with Gasteiger partial charge in [-0.15, -0.1) is 0 Å². The monoisotopic (exact) mass is 483 g/mol. The number of aliphatic hydroxyl groups is 1. The highest BCUT2D eigenvalue weighted by atomic mass is 16.5. The summed E-state index contributed by atoms with van der Waals surface area (Å²) in [4.78, 5) is 29.2. The third-order valence-electron chi connectivity index (χ3n) is 6.68. The molecule has 3 aromatic rings. The number of anilines is 3. The number of aromatic nitrogens is 4. The van der Waals surface area contributed by atoms with Crippen LogP contribution in [0.25, 0.3) is 5.65 Å². The zero-order valence-corrected chi connectivity index (χ0v) is 20.1. The van der Waals surface area contributed by atoms with E-state index in [1.807, 2.05) is 12.3 Å². The van der Waals surface area contributed by atoms with Crippen LogP contribution in [0.4, 0.5) is 17.3 Å². The molecule has 0 aliphatic heterocycles. The molecule has 0 atom stereocenters. The standard InChI is InChI=1S/C20H25N7O3.C4H8O/c1-22-17-10-16(25-19-14(18(21)28)11-23-27(17)19)24-15-4-3-9-26(20(15)29)12-5-7-13(30-2)8-6-12;5-4-2-1-3-4/h3-4,9-13,22H,5-8H2,1-2H3,(H2,21,28)(H,24,25);4-5H,1-3H2. The summed E-state index contributed by atoms with van der Waals surface area (Å²) in [5.74, 6) is 0.391. The quantitative estimate of drug-likeness (QED) is 0.418. The fourth-order valence-corrected chi connectivity index (χ4v) is 4.36. The van der Waals surface area contributed by atoms with Gasteiger partial charge in [0.05, 0.1) is 18.4 Å². The average Bonchev–Trinajstić information content (AvgIpc) is 3.28. The van der Waals surface area contributed by atoms with Gasteiger partial charge in [-0.05, 0) is 57.1 Å². The molecule has 2 saturated carbocycles. The van der Waals surface area contributed by atoms with E-state index in [2.05, 4.69) is 20.7 Å². The Morgan fingerprint density at radius 1 is 1.23 bits per heavy atom. The van der Waals surface area contributed by atoms with E-state index in [0.717, 1.165) is 38.5 Å². The fraction of sp³-hybridized carbons (Fsp3) is 0.500. The molecule has 0 aromatic carbocycles. The maximum absolute atomic E-state index is 13.1. The smallest absolute Gasteiger partial charge is 0.274 e. The highest BCUT2D eigenvalue weighted by molar-refractivity contribution is 5.98. The molecule has 0 bridgehead atoms. The number of aliphatic hydroxyl groups excluding tert-OH is 1. The van der Waals surface area contributed by atoms with Crippen molar-refractivity contribution >= 4 is 28.9 Å². The van der Waals surface area contributed by atoms with Crippen LogP contribution < -0.4 is 21.9 Å². The number of nitrogens with two attached hydrogens (primary N) is 1. The summed E-state index contributed by atoms with van der Waals surface area (Å²) in [7, 11) is 3.46. The lowest BCUT2D eigenvalue weighted by Crippen LogP contribution is -2.30. The maximum Gasteiger partial charge on any atom is 0.274 e. The number of primary amides is 1. The first-order chi connectivity index (χ1) is 16.9. The second-order valence-electron chi connectivity index (χ2n) is 8.94. The van der Waals surface area contributed by atoms with Crippen LogP contribution in [0.3, 0.4) is 0 Å². The van der Waals surface area contributed by atoms with E-state index < -0.39 is 5.91 Å². The van der Waals surface area contributed by atoms with E-state index in [-0.39, 0.29) is 29.4 Å². The number of pyridine rings is 1. The SMILES string of the molecule is CNc1cc(Nc2cccn(C3CCC(OC)CC3)c2=O)nc2c(C(N)=O)cnn12.OC1CCC1. The summed E-state index contributed by atoms with van der Waals surface area (Å²) >= 11 is 0. The van der Waals surface area contributed by atoms with Gasteiger partial charge >= 0.3 is 0 Å². The first-order valence-corrected chi connectivity index (χ1v) is 12.0. The molecule has 5 N–H and O–H groups in total. The van der Waals surface area contributed by atoms with Gasteiger partial charge in [-0.3, -0.25) is 9.59 Å². The Hall–Kier alpha value is -3.44. The summed E-state index contributed by atoms with van der Waals surface area (Å²) in [6.45, 7) is 0. The van der Waals surface area contributed by atoms with Crippen LogP contribution >= 0.6 is 0 Å². The zero-order chi connectivity index (χ0) is 24.9. The van der Waals surface area contributed by atoms with E-state index >= 15 is 0 Å². The minimum absolute atomic E-state index is 0.0648. The van der Waals surface area contributed by atoms with Crippen LogP contribution in [-0.2, 0) is 4.74 Å². The molecule has 2 aliphatic rings. The number of hydrogen-bond donors (Lipinski definition) is 4. The minimum Gasteiger partial charge on any atom is -0.393 e. The van der Waals surface area contributed by atoms with Gasteiger partial charge in [-0.1, -0.05) is 0 Å². The Morgan fingerprint density at radius 2 is 1.94 bits per heavy atom. The van der Waals surface area contributed by atoms with Gasteiger partial charge in [0, 0.05) is 32.5 Å². The van der Waals surface area contributed by atoms with Crippen LogP contribution in [0.2, 0.25) is 0 Å². The van der Waals surface area contributed by atoms with Crippen LogP contribution in [0.15, 0.2) is 35.4 Å². The number of fused-ring (bicyclic) bond motifs is 1. The van der Waals surface area contributed by atoms with Crippen molar-refractivity contribution in [1.82, 2.24) is 19.2 Å². The van der Waals surface area contributed by atoms with Gasteiger partial charge in [0.2, 0.25) is 0 Å². The van der Waals surface area contributed by atoms with Crippen molar-refractivity contribution in [2.24, 2.45) is 5.73 Å². The predicted molar refractivity (Wildman–Crippen MR) is 133 cm³/mol. The molecule has 0 unspecified atom stereocenters. The molecule has 3 heterocycles. The second kappa shape index (κ2) is 10.9. The first-order valence-electron chi connectivity index (χ1n) is 12.0. The summed E-state index contributed by atoms with van der Waals surface area (Å²) < 4.78 is 8.70. The highest BCUT2D eigenvalue weighted by Gasteiger charge is 2.23. The van der Waals surface area contributed by atoms with Gasteiger partial charge in [0.15, 0.2) is 5.65 Å². The molecule has 0 spiro atoms. The van der Waals surface area contributed by atoms with Crippen LogP contribution in [-0.4, -0.2) is 56.5 Å². The average molecular weight is 484 g/mol. The Labute approximate surface area is 203 Å². The van der Waals surface area contributed by atoms with Crippen molar-refractivity contribution in [3.63, 3.8) is 0 Å². The lowest BCUT2D eigenvalue weighted by molar-refractivity contribution is 0.0580. The Bertz CT molecular complexity index is 1230. The molecule has 188 valence electrons. The summed E-state index contributed by atoms with van der Waals surface area (Å²) in [6, 6.07) is 5.42. The van der Waals surface area contributed by atoms with E-state index in [9.17, 15) is 9.59 Å². The molecule has 2 aliphatic carbocycles. The van der Waals surface area contributed by atoms with Crippen molar-refractivity contribution < 1.29 is 14.6 Å². The van der Waals surface area contributed by atoms with E-state index in [1.165, 1.54) is 17.1 Å². The van der Waals surface area contributed by atoms with Crippen molar-refractivity contribution in [2.75, 3.05) is 24.8 Å². The molecular formula is C24H33N7O4. The highest BCUT2D eigenvalue weighted by Crippen LogP contribution is 2.29. The molecule has 5 rings (SSSR count). The molecular weight excluding hydrogens is 450 g/mol. The topological polar surface area (TPSA) is 149 Å². The first kappa shape index (κ1) is 24.7. The zero-order valence-electron chi connectivity index (χ0n) is 20.1. The number of amides is 1. The summed E-state index contributed by atoms with van der Waals surface area (Å²) in [5.41, 5.74) is 6.24. The second-order valence-corrected chi connectivity index (χ2v) is 8.94. The van der Waals surface area contributed by atoms with Crippen molar-refractivity contribution in [2.45, 2.75) is 63.2 Å². The number of rotatable bonds is 6. The predicted octanol–water partition coefficient (Wildman–Crippen LogP) is 2.44. The molecule has 11 nitrogen and oxygen atoms in total. The number of methoxy groups -OCH3 is 1. The lowest BCUT2D eigenvalue weighted by Gasteiger charge is -2.29. The summed E-state index contributed by atoms with van der Waals surface area (Å²) in [5, 5.41) is 18.7. The Kier molecular flexibility index (Phi) is 7.67. The largest absolute Gasteiger partial charge is 0.393 e. The van der Waals surface area contributed by atoms with Gasteiger partial charge in [0.1, 0.15) is 22.9 Å². The Balaban J connectivity index is 0.000000514. The van der Waals surface area contributed by atoms with E-state index in [4.69, 9.17) is 15.6 Å². The number of carbonyl (C=O) groups is 1. The number of nitrogens with zero attached hydrogens (tertiary/aromatic N) is 4. The molecule has 1 amide bonds. The van der Waals surface area contributed by atoms with Gasteiger partial charge in [-0.25, -0.2) is 4.98 Å². The molecule has 0 saturated heterocycles. The van der Waals surface area contributed by atoms with Gasteiger partial charge in [0.25, 0.3) is 11.5 Å². The van der Waals surface area contributed by atoms with Gasteiger partial charge in [-0.2, -0.15) is 9.61 Å². The van der Waals surface area contributed by atoms with E-state index in [0.29, 0.717) is 23.0 Å². The normalized spacial score (nSPS) is 20.0. The van der Waals surface area contributed by atoms with Gasteiger partial charge < -0.3 is 30.8 Å². The Morgan fingerprint density at radius 3 is 2.51 bits per heavy atom. The lowest BCUT2D eigenvalue weighted by atomic mass is 9.92. The molecule has 2 fully saturated rings. The summed E-state index contributed by atoms with van der Waals surface area (Å²) in [6.07, 6.45) is 10.5. The third kappa shape index (κ3) is 5.46.